The first kappa shape index (κ1) is 13.8. The summed E-state index contributed by atoms with van der Waals surface area (Å²) in [5.74, 6) is -0.435. The number of halogens is 1. The number of nitrogens with zero attached hydrogens (tertiary/aromatic N) is 1. The van der Waals surface area contributed by atoms with Crippen LogP contribution in [0.1, 0.15) is 31.2 Å². The van der Waals surface area contributed by atoms with E-state index in [4.69, 9.17) is 0 Å². The van der Waals surface area contributed by atoms with Crippen LogP contribution < -0.4 is 4.31 Å². The summed E-state index contributed by atoms with van der Waals surface area (Å²) >= 11 is 0. The number of hydrogen-bond donors (Lipinski definition) is 1. The molecule has 4 nitrogen and oxygen atoms in total. The monoisotopic (exact) mass is 299 g/mol. The highest BCUT2D eigenvalue weighted by Crippen LogP contribution is 2.35. The lowest BCUT2D eigenvalue weighted by atomic mass is 9.97. The number of rotatable bonds is 2. The zero-order valence-corrected chi connectivity index (χ0v) is 11.9. The molecule has 1 N–H and O–H groups in total. The van der Waals surface area contributed by atoms with Gasteiger partial charge in [0.05, 0.1) is 11.8 Å². The third kappa shape index (κ3) is 2.20. The minimum Gasteiger partial charge on any atom is -0.392 e. The number of aliphatic hydroxyl groups excluding tert-OH is 1. The van der Waals surface area contributed by atoms with Crippen molar-refractivity contribution in [3.8, 4) is 0 Å². The minimum absolute atomic E-state index is 0.338. The Labute approximate surface area is 118 Å². The van der Waals surface area contributed by atoms with E-state index in [1.54, 1.807) is 6.07 Å². The van der Waals surface area contributed by atoms with E-state index >= 15 is 0 Å². The fourth-order valence-corrected chi connectivity index (χ4v) is 5.29. The van der Waals surface area contributed by atoms with Crippen molar-refractivity contribution < 1.29 is 17.9 Å². The van der Waals surface area contributed by atoms with Gasteiger partial charge in [-0.2, -0.15) is 0 Å². The maximum absolute atomic E-state index is 13.4. The Hall–Kier alpha value is -1.14. The Morgan fingerprint density at radius 3 is 2.75 bits per heavy atom. The highest BCUT2D eigenvalue weighted by Gasteiger charge is 2.40. The molecule has 1 saturated carbocycles. The molecule has 1 heterocycles. The summed E-state index contributed by atoms with van der Waals surface area (Å²) in [6.07, 6.45) is 2.45. The van der Waals surface area contributed by atoms with Crippen molar-refractivity contribution in [1.82, 2.24) is 0 Å². The van der Waals surface area contributed by atoms with Crippen LogP contribution in [0.25, 0.3) is 0 Å². The molecule has 0 spiro atoms. The van der Waals surface area contributed by atoms with Crippen LogP contribution in [0.4, 0.5) is 10.1 Å². The number of hydrogen-bond acceptors (Lipinski definition) is 3. The summed E-state index contributed by atoms with van der Waals surface area (Å²) in [5.41, 5.74) is 1.28. The minimum atomic E-state index is -3.62. The normalized spacial score (nSPS) is 26.6. The van der Waals surface area contributed by atoms with Gasteiger partial charge in [0.2, 0.25) is 10.0 Å². The lowest BCUT2D eigenvalue weighted by molar-refractivity contribution is 0.133. The molecule has 1 fully saturated rings. The molecule has 0 amide bonds. The van der Waals surface area contributed by atoms with Crippen LogP contribution >= 0.6 is 0 Å². The molecule has 1 aromatic rings. The molecular weight excluding hydrogens is 281 g/mol. The van der Waals surface area contributed by atoms with Crippen LogP contribution in [-0.4, -0.2) is 31.4 Å². The summed E-state index contributed by atoms with van der Waals surface area (Å²) in [7, 11) is -3.62. The first-order chi connectivity index (χ1) is 9.50. The first-order valence-electron chi connectivity index (χ1n) is 6.98. The molecule has 6 heteroatoms. The SMILES string of the molecule is O=S(=O)(C1CCCCC1O)N1CCc2ccc(F)cc21. The fraction of sp³-hybridized carbons (Fsp3) is 0.571. The van der Waals surface area contributed by atoms with Crippen molar-refractivity contribution in [2.45, 2.75) is 43.5 Å². The molecule has 1 aliphatic heterocycles. The molecular formula is C14H18FNO3S. The first-order valence-corrected chi connectivity index (χ1v) is 8.48. The number of fused-ring (bicyclic) bond motifs is 1. The van der Waals surface area contributed by atoms with Gasteiger partial charge < -0.3 is 5.11 Å². The van der Waals surface area contributed by atoms with Gasteiger partial charge in [-0.1, -0.05) is 18.9 Å². The summed E-state index contributed by atoms with van der Waals surface area (Å²) in [6, 6.07) is 4.26. The average Bonchev–Trinajstić information content (AvgIpc) is 2.82. The zero-order valence-electron chi connectivity index (χ0n) is 11.1. The van der Waals surface area contributed by atoms with Gasteiger partial charge in [-0.25, -0.2) is 12.8 Å². The molecule has 110 valence electrons. The molecule has 2 aliphatic rings. The van der Waals surface area contributed by atoms with E-state index in [1.165, 1.54) is 16.4 Å². The van der Waals surface area contributed by atoms with Crippen LogP contribution in [0.2, 0.25) is 0 Å². The Kier molecular flexibility index (Phi) is 3.46. The Bertz CT molecular complexity index is 617. The van der Waals surface area contributed by atoms with Crippen LogP contribution in [-0.2, 0) is 16.4 Å². The van der Waals surface area contributed by atoms with E-state index in [2.05, 4.69) is 0 Å². The van der Waals surface area contributed by atoms with E-state index in [1.807, 2.05) is 0 Å². The summed E-state index contributed by atoms with van der Waals surface area (Å²) in [5, 5.41) is 9.23. The number of aliphatic hydroxyl groups is 1. The quantitative estimate of drug-likeness (QED) is 0.906. The van der Waals surface area contributed by atoms with Gasteiger partial charge >= 0.3 is 0 Å². The average molecular weight is 299 g/mol. The predicted octanol–water partition coefficient (Wildman–Crippen LogP) is 1.82. The number of sulfonamides is 1. The van der Waals surface area contributed by atoms with Gasteiger partial charge in [-0.15, -0.1) is 0 Å². The van der Waals surface area contributed by atoms with E-state index in [9.17, 15) is 17.9 Å². The van der Waals surface area contributed by atoms with Crippen molar-refractivity contribution in [3.63, 3.8) is 0 Å². The molecule has 1 aliphatic carbocycles. The molecule has 1 aromatic carbocycles. The second-order valence-electron chi connectivity index (χ2n) is 5.53. The third-order valence-corrected chi connectivity index (χ3v) is 6.57. The molecule has 20 heavy (non-hydrogen) atoms. The third-order valence-electron chi connectivity index (χ3n) is 4.26. The summed E-state index contributed by atoms with van der Waals surface area (Å²) in [4.78, 5) is 0. The van der Waals surface area contributed by atoms with Crippen LogP contribution in [0.15, 0.2) is 18.2 Å². The van der Waals surface area contributed by atoms with Crippen LogP contribution in [0.3, 0.4) is 0 Å². The van der Waals surface area contributed by atoms with Gasteiger partial charge in [0.25, 0.3) is 0 Å². The smallest absolute Gasteiger partial charge is 0.240 e. The highest BCUT2D eigenvalue weighted by atomic mass is 32.2. The van der Waals surface area contributed by atoms with E-state index in [0.29, 0.717) is 31.5 Å². The lowest BCUT2D eigenvalue weighted by Crippen LogP contribution is -2.45. The van der Waals surface area contributed by atoms with Gasteiger partial charge in [0, 0.05) is 6.54 Å². The summed E-state index contributed by atoms with van der Waals surface area (Å²) < 4.78 is 40.1. The lowest BCUT2D eigenvalue weighted by Gasteiger charge is -2.32. The van der Waals surface area contributed by atoms with E-state index in [-0.39, 0.29) is 0 Å². The van der Waals surface area contributed by atoms with Gasteiger partial charge in [-0.05, 0) is 37.0 Å². The van der Waals surface area contributed by atoms with Crippen LogP contribution in [0, 0.1) is 5.82 Å². The molecule has 0 bridgehead atoms. The topological polar surface area (TPSA) is 57.6 Å². The van der Waals surface area contributed by atoms with Crippen molar-refractivity contribution >= 4 is 15.7 Å². The Balaban J connectivity index is 1.96. The van der Waals surface area contributed by atoms with Gasteiger partial charge in [-0.3, -0.25) is 4.31 Å². The van der Waals surface area contributed by atoms with Crippen molar-refractivity contribution in [3.05, 3.63) is 29.6 Å². The maximum atomic E-state index is 13.4. The fourth-order valence-electron chi connectivity index (χ4n) is 3.18. The highest BCUT2D eigenvalue weighted by molar-refractivity contribution is 7.93. The molecule has 2 atom stereocenters. The molecule has 0 saturated heterocycles. The molecule has 0 radical (unpaired) electrons. The standard InChI is InChI=1S/C14H18FNO3S/c15-11-6-5-10-7-8-16(12(10)9-11)20(18,19)14-4-2-1-3-13(14)17/h5-6,9,13-14,17H,1-4,7-8H2. The van der Waals surface area contributed by atoms with Gasteiger partial charge in [0.1, 0.15) is 11.1 Å². The van der Waals surface area contributed by atoms with Crippen molar-refractivity contribution in [1.29, 1.82) is 0 Å². The van der Waals surface area contributed by atoms with E-state index < -0.39 is 27.2 Å². The van der Waals surface area contributed by atoms with Crippen molar-refractivity contribution in [2.24, 2.45) is 0 Å². The van der Waals surface area contributed by atoms with Crippen molar-refractivity contribution in [2.75, 3.05) is 10.8 Å². The number of benzene rings is 1. The summed E-state index contributed by atoms with van der Waals surface area (Å²) in [6.45, 7) is 0.338. The van der Waals surface area contributed by atoms with Crippen LogP contribution in [0.5, 0.6) is 0 Å². The largest absolute Gasteiger partial charge is 0.392 e. The Morgan fingerprint density at radius 2 is 2.00 bits per heavy atom. The maximum Gasteiger partial charge on any atom is 0.240 e. The van der Waals surface area contributed by atoms with E-state index in [0.717, 1.165) is 18.4 Å². The number of anilines is 1. The second-order valence-corrected chi connectivity index (χ2v) is 7.61. The molecule has 3 rings (SSSR count). The Morgan fingerprint density at radius 1 is 1.25 bits per heavy atom. The second kappa shape index (κ2) is 5.00. The molecule has 2 unspecified atom stereocenters. The molecule has 0 aromatic heterocycles. The van der Waals surface area contributed by atoms with Gasteiger partial charge in [0.15, 0.2) is 0 Å². The zero-order chi connectivity index (χ0) is 14.3. The predicted molar refractivity (Wildman–Crippen MR) is 74.6 cm³/mol.